The lowest BCUT2D eigenvalue weighted by molar-refractivity contribution is 0.306. The molecule has 0 N–H and O–H groups in total. The third-order valence-electron chi connectivity index (χ3n) is 3.43. The zero-order valence-corrected chi connectivity index (χ0v) is 12.6. The van der Waals surface area contributed by atoms with Crippen molar-refractivity contribution in [2.75, 3.05) is 0 Å². The minimum Gasteiger partial charge on any atom is -0.489 e. The Hall–Kier alpha value is -2.82. The summed E-state index contributed by atoms with van der Waals surface area (Å²) in [4.78, 5) is 12.0. The maximum Gasteiger partial charge on any atom is 0.350 e. The van der Waals surface area contributed by atoms with E-state index < -0.39 is 0 Å². The molecule has 3 rings (SSSR count). The zero-order chi connectivity index (χ0) is 15.5. The van der Waals surface area contributed by atoms with Gasteiger partial charge in [0.05, 0.1) is 5.69 Å². The van der Waals surface area contributed by atoms with Gasteiger partial charge in [-0.1, -0.05) is 30.3 Å². The van der Waals surface area contributed by atoms with E-state index in [1.807, 2.05) is 54.6 Å². The third kappa shape index (κ3) is 2.79. The van der Waals surface area contributed by atoms with Crippen molar-refractivity contribution in [3.8, 4) is 11.4 Å². The van der Waals surface area contributed by atoms with Crippen LogP contribution in [0.15, 0.2) is 59.4 Å². The number of aryl methyl sites for hydroxylation is 2. The molecule has 0 aliphatic heterocycles. The fourth-order valence-electron chi connectivity index (χ4n) is 2.32. The number of hydrogen-bond acceptors (Lipinski definition) is 3. The Kier molecular flexibility index (Phi) is 3.78. The van der Waals surface area contributed by atoms with E-state index in [1.165, 1.54) is 4.68 Å². The molecule has 22 heavy (non-hydrogen) atoms. The molecule has 0 fully saturated rings. The highest BCUT2D eigenvalue weighted by molar-refractivity contribution is 5.38. The van der Waals surface area contributed by atoms with Crippen LogP contribution in [-0.4, -0.2) is 14.3 Å². The van der Waals surface area contributed by atoms with Crippen molar-refractivity contribution in [1.29, 1.82) is 0 Å². The van der Waals surface area contributed by atoms with Crippen LogP contribution in [0.5, 0.6) is 5.75 Å². The lowest BCUT2D eigenvalue weighted by Gasteiger charge is -2.08. The monoisotopic (exact) mass is 295 g/mol. The van der Waals surface area contributed by atoms with Gasteiger partial charge in [-0.2, -0.15) is 5.10 Å². The third-order valence-corrected chi connectivity index (χ3v) is 3.43. The molecule has 0 aliphatic rings. The molecular formula is C17H17N3O2. The van der Waals surface area contributed by atoms with Crippen molar-refractivity contribution in [2.45, 2.75) is 13.5 Å². The van der Waals surface area contributed by atoms with E-state index >= 15 is 0 Å². The molecule has 0 unspecified atom stereocenters. The maximum absolute atomic E-state index is 12.0. The molecule has 0 saturated carbocycles. The van der Waals surface area contributed by atoms with Gasteiger partial charge in [0.15, 0.2) is 0 Å². The molecule has 0 atom stereocenters. The Morgan fingerprint density at radius 2 is 1.73 bits per heavy atom. The maximum atomic E-state index is 12.0. The summed E-state index contributed by atoms with van der Waals surface area (Å²) in [5.74, 6) is 1.42. The van der Waals surface area contributed by atoms with Gasteiger partial charge >= 0.3 is 5.69 Å². The van der Waals surface area contributed by atoms with Crippen molar-refractivity contribution in [3.63, 3.8) is 0 Å². The molecule has 1 heterocycles. The second-order valence-electron chi connectivity index (χ2n) is 5.06. The van der Waals surface area contributed by atoms with E-state index in [0.29, 0.717) is 12.4 Å². The molecule has 0 aliphatic carbocycles. The average molecular weight is 295 g/mol. The number of aromatic nitrogens is 3. The summed E-state index contributed by atoms with van der Waals surface area (Å²) in [6.07, 6.45) is 0. The van der Waals surface area contributed by atoms with Crippen LogP contribution in [0.3, 0.4) is 0 Å². The van der Waals surface area contributed by atoms with Crippen LogP contribution < -0.4 is 10.4 Å². The van der Waals surface area contributed by atoms with Crippen LogP contribution >= 0.6 is 0 Å². The van der Waals surface area contributed by atoms with Crippen LogP contribution in [0, 0.1) is 6.92 Å². The summed E-state index contributed by atoms with van der Waals surface area (Å²) in [5.41, 5.74) is 1.74. The van der Waals surface area contributed by atoms with Gasteiger partial charge in [-0.05, 0) is 36.8 Å². The largest absolute Gasteiger partial charge is 0.489 e. The van der Waals surface area contributed by atoms with E-state index in [0.717, 1.165) is 17.0 Å². The van der Waals surface area contributed by atoms with Crippen LogP contribution in [0.2, 0.25) is 0 Å². The second-order valence-corrected chi connectivity index (χ2v) is 5.06. The van der Waals surface area contributed by atoms with Gasteiger partial charge in [0.25, 0.3) is 0 Å². The molecule has 0 amide bonds. The molecule has 1 aromatic heterocycles. The van der Waals surface area contributed by atoms with Crippen molar-refractivity contribution in [3.05, 3.63) is 76.5 Å². The number of rotatable bonds is 4. The first-order valence-corrected chi connectivity index (χ1v) is 7.05. The lowest BCUT2D eigenvalue weighted by Crippen LogP contribution is -2.21. The highest BCUT2D eigenvalue weighted by Crippen LogP contribution is 2.16. The summed E-state index contributed by atoms with van der Waals surface area (Å²) < 4.78 is 8.64. The van der Waals surface area contributed by atoms with E-state index in [4.69, 9.17) is 4.74 Å². The quantitative estimate of drug-likeness (QED) is 0.743. The number of hydrogen-bond donors (Lipinski definition) is 0. The lowest BCUT2D eigenvalue weighted by atomic mass is 10.2. The van der Waals surface area contributed by atoms with Crippen molar-refractivity contribution >= 4 is 0 Å². The smallest absolute Gasteiger partial charge is 0.350 e. The fourth-order valence-corrected chi connectivity index (χ4v) is 2.32. The number of ether oxygens (including phenoxy) is 1. The summed E-state index contributed by atoms with van der Waals surface area (Å²) in [6.45, 7) is 2.33. The molecule has 0 spiro atoms. The van der Waals surface area contributed by atoms with Gasteiger partial charge in [-0.15, -0.1) is 0 Å². The molecule has 0 saturated heterocycles. The number of benzene rings is 2. The Morgan fingerprint density at radius 3 is 2.32 bits per heavy atom. The Bertz CT molecular complexity index is 817. The normalized spacial score (nSPS) is 10.6. The predicted octanol–water partition coefficient (Wildman–Crippen LogP) is 2.46. The molecule has 5 heteroatoms. The first kappa shape index (κ1) is 14.1. The van der Waals surface area contributed by atoms with Crippen LogP contribution in [0.4, 0.5) is 0 Å². The van der Waals surface area contributed by atoms with E-state index in [9.17, 15) is 4.79 Å². The predicted molar refractivity (Wildman–Crippen MR) is 84.3 cm³/mol. The van der Waals surface area contributed by atoms with Crippen LogP contribution in [0.25, 0.3) is 5.69 Å². The minimum absolute atomic E-state index is 0.157. The van der Waals surface area contributed by atoms with E-state index in [2.05, 4.69) is 5.10 Å². The molecule has 0 bridgehead atoms. The fraction of sp³-hybridized carbons (Fsp3) is 0.176. The highest BCUT2D eigenvalue weighted by Gasteiger charge is 2.09. The van der Waals surface area contributed by atoms with E-state index in [-0.39, 0.29) is 5.69 Å². The Labute approximate surface area is 128 Å². The van der Waals surface area contributed by atoms with Gasteiger partial charge in [-0.25, -0.2) is 14.0 Å². The minimum atomic E-state index is -0.157. The molecule has 112 valence electrons. The Balaban J connectivity index is 1.77. The Morgan fingerprint density at radius 1 is 1.05 bits per heavy atom. The topological polar surface area (TPSA) is 49.0 Å². The van der Waals surface area contributed by atoms with Crippen LogP contribution in [-0.2, 0) is 13.7 Å². The SMILES string of the molecule is Cc1nn(C)c(=O)n1-c1ccc(OCc2ccccc2)cc1. The summed E-state index contributed by atoms with van der Waals surface area (Å²) >= 11 is 0. The van der Waals surface area contributed by atoms with Gasteiger partial charge < -0.3 is 4.74 Å². The average Bonchev–Trinajstić information content (AvgIpc) is 2.80. The molecular weight excluding hydrogens is 278 g/mol. The highest BCUT2D eigenvalue weighted by atomic mass is 16.5. The molecule has 0 radical (unpaired) electrons. The summed E-state index contributed by atoms with van der Waals surface area (Å²) in [6, 6.07) is 17.4. The number of nitrogens with zero attached hydrogens (tertiary/aromatic N) is 3. The summed E-state index contributed by atoms with van der Waals surface area (Å²) in [5, 5.41) is 4.12. The molecule has 2 aromatic carbocycles. The van der Waals surface area contributed by atoms with Crippen molar-refractivity contribution in [2.24, 2.45) is 7.05 Å². The first-order valence-electron chi connectivity index (χ1n) is 7.05. The molecule has 5 nitrogen and oxygen atoms in total. The zero-order valence-electron chi connectivity index (χ0n) is 12.6. The van der Waals surface area contributed by atoms with Crippen LogP contribution in [0.1, 0.15) is 11.4 Å². The second kappa shape index (κ2) is 5.89. The molecule has 3 aromatic rings. The van der Waals surface area contributed by atoms with Gasteiger partial charge in [-0.3, -0.25) is 0 Å². The van der Waals surface area contributed by atoms with Gasteiger partial charge in [0.2, 0.25) is 0 Å². The van der Waals surface area contributed by atoms with Crippen molar-refractivity contribution < 1.29 is 4.74 Å². The first-order chi connectivity index (χ1) is 10.6. The van der Waals surface area contributed by atoms with Crippen molar-refractivity contribution in [1.82, 2.24) is 14.3 Å². The summed E-state index contributed by atoms with van der Waals surface area (Å²) in [7, 11) is 1.64. The van der Waals surface area contributed by atoms with E-state index in [1.54, 1.807) is 18.5 Å². The van der Waals surface area contributed by atoms with Gasteiger partial charge in [0, 0.05) is 7.05 Å². The standard InChI is InChI=1S/C17H17N3O2/c1-13-18-19(2)17(21)20(13)15-8-10-16(11-9-15)22-12-14-6-4-3-5-7-14/h3-11H,12H2,1-2H3. The van der Waals surface area contributed by atoms with Gasteiger partial charge in [0.1, 0.15) is 18.2 Å².